The lowest BCUT2D eigenvalue weighted by Gasteiger charge is -2.36. The van der Waals surface area contributed by atoms with Crippen LogP contribution in [-0.4, -0.2) is 29.9 Å². The molecule has 0 spiro atoms. The van der Waals surface area contributed by atoms with Crippen molar-refractivity contribution in [1.29, 1.82) is 0 Å². The number of nitrogens with zero attached hydrogens (tertiary/aromatic N) is 1. The number of carbonyl (C=O) groups excluding carboxylic acids is 1. The lowest BCUT2D eigenvalue weighted by molar-refractivity contribution is -0.127. The molecular formula is C19H28F2N2O. The average Bonchev–Trinajstić information content (AvgIpc) is 2.54. The summed E-state index contributed by atoms with van der Waals surface area (Å²) in [5.74, 6) is -0.618. The zero-order valence-corrected chi connectivity index (χ0v) is 15.0. The molecule has 2 rings (SSSR count). The molecule has 4 atom stereocenters. The van der Waals surface area contributed by atoms with Gasteiger partial charge in [-0.15, -0.1) is 0 Å². The highest BCUT2D eigenvalue weighted by molar-refractivity contribution is 5.81. The predicted octanol–water partition coefficient (Wildman–Crippen LogP) is 3.73. The molecule has 1 aliphatic rings. The second-order valence-electron chi connectivity index (χ2n) is 7.22. The minimum absolute atomic E-state index is 0.00830. The van der Waals surface area contributed by atoms with Crippen LogP contribution in [-0.2, 0) is 11.3 Å². The maximum atomic E-state index is 13.3. The third-order valence-electron chi connectivity index (χ3n) is 5.49. The summed E-state index contributed by atoms with van der Waals surface area (Å²) in [6, 6.07) is 3.74. The van der Waals surface area contributed by atoms with Gasteiger partial charge in [-0.1, -0.05) is 32.8 Å². The van der Waals surface area contributed by atoms with E-state index in [1.807, 2.05) is 18.9 Å². The summed E-state index contributed by atoms with van der Waals surface area (Å²) in [6.07, 6.45) is 3.39. The molecular weight excluding hydrogens is 310 g/mol. The molecule has 1 N–H and O–H groups in total. The molecule has 1 fully saturated rings. The van der Waals surface area contributed by atoms with E-state index in [0.29, 0.717) is 23.9 Å². The maximum absolute atomic E-state index is 13.3. The molecule has 0 saturated heterocycles. The second-order valence-corrected chi connectivity index (χ2v) is 7.22. The van der Waals surface area contributed by atoms with Crippen molar-refractivity contribution in [3.05, 3.63) is 35.4 Å². The van der Waals surface area contributed by atoms with Crippen LogP contribution < -0.4 is 5.32 Å². The van der Waals surface area contributed by atoms with Crippen molar-refractivity contribution in [2.75, 3.05) is 7.05 Å². The van der Waals surface area contributed by atoms with Crippen molar-refractivity contribution in [2.45, 2.75) is 58.7 Å². The lowest BCUT2D eigenvalue weighted by atomic mass is 9.78. The van der Waals surface area contributed by atoms with Crippen molar-refractivity contribution in [3.8, 4) is 0 Å². The van der Waals surface area contributed by atoms with E-state index in [1.165, 1.54) is 12.5 Å². The maximum Gasteiger partial charge on any atom is 0.237 e. The van der Waals surface area contributed by atoms with Gasteiger partial charge in [0.05, 0.1) is 6.04 Å². The van der Waals surface area contributed by atoms with E-state index in [4.69, 9.17) is 0 Å². The number of hydrogen-bond donors (Lipinski definition) is 1. The van der Waals surface area contributed by atoms with Crippen molar-refractivity contribution in [1.82, 2.24) is 10.2 Å². The zero-order chi connectivity index (χ0) is 17.9. The zero-order valence-electron chi connectivity index (χ0n) is 15.0. The van der Waals surface area contributed by atoms with Crippen molar-refractivity contribution in [3.63, 3.8) is 0 Å². The lowest BCUT2D eigenvalue weighted by Crippen LogP contribution is -2.50. The molecule has 1 amide bonds. The largest absolute Gasteiger partial charge is 0.352 e. The highest BCUT2D eigenvalue weighted by atomic mass is 19.2. The first-order valence-electron chi connectivity index (χ1n) is 8.74. The summed E-state index contributed by atoms with van der Waals surface area (Å²) in [6.45, 7) is 6.67. The van der Waals surface area contributed by atoms with Gasteiger partial charge in [0.25, 0.3) is 0 Å². The monoisotopic (exact) mass is 338 g/mol. The summed E-state index contributed by atoms with van der Waals surface area (Å²) >= 11 is 0. The summed E-state index contributed by atoms with van der Waals surface area (Å²) in [5, 5.41) is 3.17. The number of carbonyl (C=O) groups is 1. The molecule has 1 aromatic carbocycles. The van der Waals surface area contributed by atoms with Crippen LogP contribution in [0.4, 0.5) is 8.78 Å². The number of halogens is 2. The van der Waals surface area contributed by atoms with Gasteiger partial charge in [-0.05, 0) is 49.9 Å². The normalized spacial score (nSPS) is 25.5. The second kappa shape index (κ2) is 8.06. The van der Waals surface area contributed by atoms with Gasteiger partial charge in [0.2, 0.25) is 5.91 Å². The van der Waals surface area contributed by atoms with Crippen LogP contribution in [0.1, 0.15) is 45.6 Å². The Morgan fingerprint density at radius 1 is 1.29 bits per heavy atom. The minimum Gasteiger partial charge on any atom is -0.352 e. The van der Waals surface area contributed by atoms with Crippen molar-refractivity contribution in [2.24, 2.45) is 11.8 Å². The first-order chi connectivity index (χ1) is 11.3. The summed E-state index contributed by atoms with van der Waals surface area (Å²) in [5.41, 5.74) is 0.649. The van der Waals surface area contributed by atoms with Crippen LogP contribution in [0.2, 0.25) is 0 Å². The van der Waals surface area contributed by atoms with Gasteiger partial charge < -0.3 is 5.32 Å². The van der Waals surface area contributed by atoms with Crippen LogP contribution >= 0.6 is 0 Å². The Hall–Kier alpha value is -1.49. The van der Waals surface area contributed by atoms with E-state index in [1.54, 1.807) is 6.07 Å². The van der Waals surface area contributed by atoms with E-state index in [9.17, 15) is 13.6 Å². The Balaban J connectivity index is 1.92. The third-order valence-corrected chi connectivity index (χ3v) is 5.49. The average molecular weight is 338 g/mol. The van der Waals surface area contributed by atoms with Gasteiger partial charge >= 0.3 is 0 Å². The fraction of sp³-hybridized carbons (Fsp3) is 0.632. The van der Waals surface area contributed by atoms with Crippen LogP contribution in [0, 0.1) is 23.5 Å². The quantitative estimate of drug-likeness (QED) is 0.887. The molecule has 0 radical (unpaired) electrons. The molecule has 0 heterocycles. The van der Waals surface area contributed by atoms with Crippen LogP contribution in [0.15, 0.2) is 18.2 Å². The highest BCUT2D eigenvalue weighted by Crippen LogP contribution is 2.29. The van der Waals surface area contributed by atoms with E-state index in [2.05, 4.69) is 19.2 Å². The standard InChI is InChI=1S/C19H28F2N2O/c1-12-6-5-7-18(13(12)2)22-19(24)14(3)23(4)11-15-8-9-16(20)17(21)10-15/h8-10,12-14,18H,5-7,11H2,1-4H3,(H,22,24)/t12-,13-,14-,18+/m1/s1. The number of rotatable bonds is 5. The SMILES string of the molecule is C[C@@H]1[C@H](C)CCC[C@@H]1NC(=O)[C@@H](C)N(C)Cc1ccc(F)c(F)c1. The summed E-state index contributed by atoms with van der Waals surface area (Å²) in [4.78, 5) is 14.4. The van der Waals surface area contributed by atoms with Gasteiger partial charge in [-0.3, -0.25) is 9.69 Å². The molecule has 24 heavy (non-hydrogen) atoms. The van der Waals surface area contributed by atoms with Gasteiger partial charge in [-0.2, -0.15) is 0 Å². The number of hydrogen-bond acceptors (Lipinski definition) is 2. The van der Waals surface area contributed by atoms with Crippen molar-refractivity contribution >= 4 is 5.91 Å². The van der Waals surface area contributed by atoms with Gasteiger partial charge in [-0.25, -0.2) is 8.78 Å². The number of likely N-dealkylation sites (N-methyl/N-ethyl adjacent to an activating group) is 1. The summed E-state index contributed by atoms with van der Waals surface area (Å²) in [7, 11) is 1.82. The van der Waals surface area contributed by atoms with E-state index in [0.717, 1.165) is 18.9 Å². The number of nitrogens with one attached hydrogen (secondary N) is 1. The smallest absolute Gasteiger partial charge is 0.237 e. The number of amides is 1. The Kier molecular flexibility index (Phi) is 6.33. The first-order valence-corrected chi connectivity index (χ1v) is 8.74. The molecule has 5 heteroatoms. The molecule has 0 aromatic heterocycles. The Labute approximate surface area is 143 Å². The molecule has 0 aliphatic heterocycles. The Morgan fingerprint density at radius 3 is 2.67 bits per heavy atom. The first kappa shape index (κ1) is 18.8. The third kappa shape index (κ3) is 4.53. The van der Waals surface area contributed by atoms with Crippen LogP contribution in [0.3, 0.4) is 0 Å². The van der Waals surface area contributed by atoms with Gasteiger partial charge in [0.15, 0.2) is 11.6 Å². The molecule has 1 aromatic rings. The summed E-state index contributed by atoms with van der Waals surface area (Å²) < 4.78 is 26.3. The fourth-order valence-electron chi connectivity index (χ4n) is 3.35. The fourth-order valence-corrected chi connectivity index (χ4v) is 3.35. The molecule has 3 nitrogen and oxygen atoms in total. The predicted molar refractivity (Wildman–Crippen MR) is 91.4 cm³/mol. The van der Waals surface area contributed by atoms with Crippen LogP contribution in [0.5, 0.6) is 0 Å². The minimum atomic E-state index is -0.858. The van der Waals surface area contributed by atoms with Gasteiger partial charge in [0, 0.05) is 12.6 Å². The molecule has 1 saturated carbocycles. The molecule has 134 valence electrons. The molecule has 0 unspecified atom stereocenters. The highest BCUT2D eigenvalue weighted by Gasteiger charge is 2.30. The number of benzene rings is 1. The van der Waals surface area contributed by atoms with Crippen molar-refractivity contribution < 1.29 is 13.6 Å². The van der Waals surface area contributed by atoms with Gasteiger partial charge in [0.1, 0.15) is 0 Å². The topological polar surface area (TPSA) is 32.3 Å². The molecule has 0 bridgehead atoms. The molecule has 1 aliphatic carbocycles. The Morgan fingerprint density at radius 2 is 2.00 bits per heavy atom. The van der Waals surface area contributed by atoms with E-state index in [-0.39, 0.29) is 18.0 Å². The van der Waals surface area contributed by atoms with Crippen LogP contribution in [0.25, 0.3) is 0 Å². The Bertz CT molecular complexity index is 578. The van der Waals surface area contributed by atoms with E-state index < -0.39 is 11.6 Å². The van der Waals surface area contributed by atoms with E-state index >= 15 is 0 Å².